The zero-order chi connectivity index (χ0) is 15.6. The van der Waals surface area contributed by atoms with Crippen molar-refractivity contribution >= 4 is 11.6 Å². The third-order valence-electron chi connectivity index (χ3n) is 3.25. The van der Waals surface area contributed by atoms with Crippen molar-refractivity contribution in [1.82, 2.24) is 0 Å². The quantitative estimate of drug-likeness (QED) is 0.909. The molecule has 0 bridgehead atoms. The van der Waals surface area contributed by atoms with Crippen LogP contribution in [0.2, 0.25) is 0 Å². The van der Waals surface area contributed by atoms with Gasteiger partial charge in [-0.1, -0.05) is 17.7 Å². The third kappa shape index (κ3) is 3.09. The van der Waals surface area contributed by atoms with Gasteiger partial charge in [0.05, 0.1) is 5.56 Å². The number of nitrogens with zero attached hydrogens (tertiary/aromatic N) is 1. The van der Waals surface area contributed by atoms with Crippen molar-refractivity contribution in [3.63, 3.8) is 0 Å². The number of carbonyl (C=O) groups is 1. The first-order chi connectivity index (χ1) is 9.92. The van der Waals surface area contributed by atoms with Crippen LogP contribution in [0.4, 0.5) is 10.1 Å². The number of amides is 1. The molecule has 0 aliphatic rings. The summed E-state index contributed by atoms with van der Waals surface area (Å²) in [6, 6.07) is 9.56. The molecule has 3 nitrogen and oxygen atoms in total. The van der Waals surface area contributed by atoms with Crippen LogP contribution in [0.3, 0.4) is 0 Å². The van der Waals surface area contributed by atoms with Gasteiger partial charge in [0.25, 0.3) is 5.91 Å². The smallest absolute Gasteiger partial charge is 0.256 e. The zero-order valence-corrected chi connectivity index (χ0v) is 12.1. The Labute approximate surface area is 123 Å². The van der Waals surface area contributed by atoms with Crippen LogP contribution in [0.5, 0.6) is 0 Å². The molecule has 0 spiro atoms. The van der Waals surface area contributed by atoms with Crippen LogP contribution in [-0.4, -0.2) is 5.91 Å². The minimum absolute atomic E-state index is 0.0925. The minimum atomic E-state index is -0.599. The van der Waals surface area contributed by atoms with E-state index in [1.54, 1.807) is 6.07 Å². The maximum absolute atomic E-state index is 13.3. The number of carbonyl (C=O) groups excluding carboxylic acids is 1. The number of aryl methyl sites for hydroxylation is 3. The van der Waals surface area contributed by atoms with Crippen molar-refractivity contribution in [3.05, 3.63) is 64.0 Å². The second-order valence-electron chi connectivity index (χ2n) is 5.03. The van der Waals surface area contributed by atoms with Gasteiger partial charge in [-0.15, -0.1) is 0 Å². The molecule has 0 aliphatic carbocycles. The number of halogens is 1. The largest absolute Gasteiger partial charge is 0.322 e. The Morgan fingerprint density at radius 2 is 1.76 bits per heavy atom. The van der Waals surface area contributed by atoms with Crippen LogP contribution in [0.1, 0.15) is 32.6 Å². The Kier molecular flexibility index (Phi) is 4.04. The Morgan fingerprint density at radius 3 is 2.33 bits per heavy atom. The van der Waals surface area contributed by atoms with Crippen LogP contribution in [-0.2, 0) is 0 Å². The molecule has 0 unspecified atom stereocenters. The summed E-state index contributed by atoms with van der Waals surface area (Å²) in [5.74, 6) is -0.862. The lowest BCUT2D eigenvalue weighted by Crippen LogP contribution is -2.15. The Hall–Kier alpha value is -2.67. The normalized spacial score (nSPS) is 10.0. The number of benzene rings is 2. The Morgan fingerprint density at radius 1 is 1.14 bits per heavy atom. The number of hydrogen-bond donors (Lipinski definition) is 1. The first-order valence-corrected chi connectivity index (χ1v) is 6.51. The lowest BCUT2D eigenvalue weighted by atomic mass is 9.99. The molecule has 0 saturated carbocycles. The van der Waals surface area contributed by atoms with E-state index in [1.807, 2.05) is 32.9 Å². The second-order valence-corrected chi connectivity index (χ2v) is 5.03. The molecule has 2 aromatic carbocycles. The fourth-order valence-corrected chi connectivity index (χ4v) is 2.42. The van der Waals surface area contributed by atoms with Gasteiger partial charge in [0, 0.05) is 11.3 Å². The lowest BCUT2D eigenvalue weighted by molar-refractivity contribution is 0.102. The van der Waals surface area contributed by atoms with Crippen LogP contribution < -0.4 is 5.32 Å². The molecule has 0 aliphatic heterocycles. The van der Waals surface area contributed by atoms with Gasteiger partial charge in [0.2, 0.25) is 0 Å². The highest BCUT2D eigenvalue weighted by atomic mass is 19.1. The van der Waals surface area contributed by atoms with Gasteiger partial charge in [0.1, 0.15) is 11.9 Å². The monoisotopic (exact) mass is 282 g/mol. The number of rotatable bonds is 2. The maximum Gasteiger partial charge on any atom is 0.256 e. The van der Waals surface area contributed by atoms with E-state index in [9.17, 15) is 9.18 Å². The Balaban J connectivity index is 2.33. The summed E-state index contributed by atoms with van der Waals surface area (Å²) in [4.78, 5) is 12.4. The summed E-state index contributed by atoms with van der Waals surface area (Å²) in [5.41, 5.74) is 3.77. The average Bonchev–Trinajstić information content (AvgIpc) is 2.39. The van der Waals surface area contributed by atoms with E-state index < -0.39 is 5.82 Å². The van der Waals surface area contributed by atoms with E-state index in [1.165, 1.54) is 18.2 Å². The molecule has 106 valence electrons. The van der Waals surface area contributed by atoms with Gasteiger partial charge in [-0.25, -0.2) is 4.39 Å². The molecule has 0 aromatic heterocycles. The first-order valence-electron chi connectivity index (χ1n) is 6.51. The molecule has 0 fully saturated rings. The molecule has 1 N–H and O–H groups in total. The molecular weight excluding hydrogens is 267 g/mol. The second kappa shape index (κ2) is 5.76. The number of nitriles is 1. The average molecular weight is 282 g/mol. The van der Waals surface area contributed by atoms with E-state index in [4.69, 9.17) is 5.26 Å². The van der Waals surface area contributed by atoms with E-state index in [2.05, 4.69) is 5.32 Å². The van der Waals surface area contributed by atoms with Crippen molar-refractivity contribution in [2.24, 2.45) is 0 Å². The summed E-state index contributed by atoms with van der Waals surface area (Å²) in [6.45, 7) is 5.72. The molecule has 0 saturated heterocycles. The van der Waals surface area contributed by atoms with E-state index in [0.717, 1.165) is 16.7 Å². The fourth-order valence-electron chi connectivity index (χ4n) is 2.42. The standard InChI is InChI=1S/C17H15FN2O/c1-10-6-11(2)16(12(3)7-10)17(21)20-14-4-5-15(18)13(8-14)9-19/h4-8H,1-3H3,(H,20,21). The number of anilines is 1. The van der Waals surface area contributed by atoms with Gasteiger partial charge in [-0.05, 0) is 50.1 Å². The van der Waals surface area contributed by atoms with Gasteiger partial charge < -0.3 is 5.32 Å². The highest BCUT2D eigenvalue weighted by Gasteiger charge is 2.13. The van der Waals surface area contributed by atoms with Crippen molar-refractivity contribution in [2.75, 3.05) is 5.32 Å². The molecule has 0 radical (unpaired) electrons. The summed E-state index contributed by atoms with van der Waals surface area (Å²) >= 11 is 0. The number of hydrogen-bond acceptors (Lipinski definition) is 2. The van der Waals surface area contributed by atoms with Crippen LogP contribution in [0, 0.1) is 37.9 Å². The summed E-state index contributed by atoms with van der Waals surface area (Å²) in [5, 5.41) is 11.5. The molecule has 1 amide bonds. The molecule has 2 aromatic rings. The highest BCUT2D eigenvalue weighted by molar-refractivity contribution is 6.06. The first kappa shape index (κ1) is 14.7. The van der Waals surface area contributed by atoms with Gasteiger partial charge in [-0.2, -0.15) is 5.26 Å². The molecular formula is C17H15FN2O. The maximum atomic E-state index is 13.3. The molecule has 2 rings (SSSR count). The summed E-state index contributed by atoms with van der Waals surface area (Å²) < 4.78 is 13.3. The van der Waals surface area contributed by atoms with Crippen LogP contribution in [0.25, 0.3) is 0 Å². The summed E-state index contributed by atoms with van der Waals surface area (Å²) in [7, 11) is 0. The Bertz CT molecular complexity index is 737. The topological polar surface area (TPSA) is 52.9 Å². The molecule has 21 heavy (non-hydrogen) atoms. The predicted molar refractivity (Wildman–Crippen MR) is 79.7 cm³/mol. The van der Waals surface area contributed by atoms with Crippen molar-refractivity contribution < 1.29 is 9.18 Å². The minimum Gasteiger partial charge on any atom is -0.322 e. The van der Waals surface area contributed by atoms with E-state index >= 15 is 0 Å². The van der Waals surface area contributed by atoms with Crippen LogP contribution >= 0.6 is 0 Å². The lowest BCUT2D eigenvalue weighted by Gasteiger charge is -2.12. The highest BCUT2D eigenvalue weighted by Crippen LogP contribution is 2.19. The van der Waals surface area contributed by atoms with Crippen molar-refractivity contribution in [1.29, 1.82) is 5.26 Å². The van der Waals surface area contributed by atoms with Crippen LogP contribution in [0.15, 0.2) is 30.3 Å². The van der Waals surface area contributed by atoms with Gasteiger partial charge >= 0.3 is 0 Å². The van der Waals surface area contributed by atoms with Gasteiger partial charge in [-0.3, -0.25) is 4.79 Å². The third-order valence-corrected chi connectivity index (χ3v) is 3.25. The molecule has 0 atom stereocenters. The number of nitrogens with one attached hydrogen (secondary N) is 1. The predicted octanol–water partition coefficient (Wildman–Crippen LogP) is 3.87. The van der Waals surface area contributed by atoms with Crippen molar-refractivity contribution in [2.45, 2.75) is 20.8 Å². The van der Waals surface area contributed by atoms with Gasteiger partial charge in [0.15, 0.2) is 0 Å². The van der Waals surface area contributed by atoms with E-state index in [-0.39, 0.29) is 11.5 Å². The molecule has 4 heteroatoms. The fraction of sp³-hybridized carbons (Fsp3) is 0.176. The summed E-state index contributed by atoms with van der Waals surface area (Å²) in [6.07, 6.45) is 0. The SMILES string of the molecule is Cc1cc(C)c(C(=O)Nc2ccc(F)c(C#N)c2)c(C)c1. The van der Waals surface area contributed by atoms with Crippen molar-refractivity contribution in [3.8, 4) is 6.07 Å². The zero-order valence-electron chi connectivity index (χ0n) is 12.1. The molecule has 0 heterocycles. The van der Waals surface area contributed by atoms with E-state index in [0.29, 0.717) is 11.3 Å².